The zero-order valence-corrected chi connectivity index (χ0v) is 14.4. The Bertz CT molecular complexity index is 755. The third-order valence-corrected chi connectivity index (χ3v) is 4.61. The first kappa shape index (κ1) is 17.3. The number of nitrogens with zero attached hydrogens (tertiary/aromatic N) is 4. The fourth-order valence-corrected chi connectivity index (χ4v) is 3.21. The normalized spacial score (nSPS) is 18.2. The summed E-state index contributed by atoms with van der Waals surface area (Å²) in [6, 6.07) is 3.57. The minimum Gasteiger partial charge on any atom is -0.350 e. The largest absolute Gasteiger partial charge is 0.350 e. The molecule has 3 heterocycles. The molecule has 0 aromatic carbocycles. The van der Waals surface area contributed by atoms with Crippen molar-refractivity contribution in [3.05, 3.63) is 46.1 Å². The van der Waals surface area contributed by atoms with Gasteiger partial charge in [-0.1, -0.05) is 6.42 Å². The van der Waals surface area contributed by atoms with Crippen LogP contribution in [0.4, 0.5) is 0 Å². The van der Waals surface area contributed by atoms with Crippen molar-refractivity contribution in [3.8, 4) is 0 Å². The van der Waals surface area contributed by atoms with E-state index < -0.39 is 0 Å². The third-order valence-electron chi connectivity index (χ3n) is 4.61. The molecule has 2 aromatic rings. The van der Waals surface area contributed by atoms with E-state index in [-0.39, 0.29) is 17.5 Å². The number of aromatic amines is 1. The van der Waals surface area contributed by atoms with Crippen LogP contribution in [0.25, 0.3) is 0 Å². The van der Waals surface area contributed by atoms with Crippen LogP contribution in [0.2, 0.25) is 0 Å². The Balaban J connectivity index is 1.56. The van der Waals surface area contributed by atoms with Crippen LogP contribution in [0.5, 0.6) is 0 Å². The van der Waals surface area contributed by atoms with E-state index in [1.807, 2.05) is 6.92 Å². The number of hydrogen-bond acceptors (Lipinski definition) is 5. The Morgan fingerprint density at radius 2 is 2.24 bits per heavy atom. The van der Waals surface area contributed by atoms with Crippen LogP contribution in [0, 0.1) is 6.92 Å². The van der Waals surface area contributed by atoms with Gasteiger partial charge in [-0.2, -0.15) is 10.2 Å². The van der Waals surface area contributed by atoms with Gasteiger partial charge in [-0.15, -0.1) is 0 Å². The summed E-state index contributed by atoms with van der Waals surface area (Å²) in [5, 5.41) is 13.7. The van der Waals surface area contributed by atoms with E-state index in [1.165, 1.54) is 10.9 Å². The van der Waals surface area contributed by atoms with Crippen molar-refractivity contribution in [2.24, 2.45) is 0 Å². The Morgan fingerprint density at radius 1 is 1.36 bits per heavy atom. The lowest BCUT2D eigenvalue weighted by atomic mass is 10.0. The predicted molar refractivity (Wildman–Crippen MR) is 93.4 cm³/mol. The Morgan fingerprint density at radius 3 is 3.04 bits per heavy atom. The van der Waals surface area contributed by atoms with Gasteiger partial charge in [0.05, 0.1) is 24.0 Å². The van der Waals surface area contributed by atoms with Crippen molar-refractivity contribution >= 4 is 5.91 Å². The molecule has 1 aliphatic heterocycles. The third kappa shape index (κ3) is 4.54. The molecule has 8 heteroatoms. The standard InChI is InChI=1S/C17H24N6O2/c1-13-5-6-16(24)23(21-13)9-8-22-7-3-2-4-15(22)12-18-17(25)14-10-19-20-11-14/h5-6,10-11,15H,2-4,7-9,12H2,1H3,(H,18,25)(H,19,20). The summed E-state index contributed by atoms with van der Waals surface area (Å²) in [4.78, 5) is 26.3. The molecule has 0 bridgehead atoms. The molecule has 1 atom stereocenters. The summed E-state index contributed by atoms with van der Waals surface area (Å²) < 4.78 is 1.52. The summed E-state index contributed by atoms with van der Waals surface area (Å²) in [7, 11) is 0. The van der Waals surface area contributed by atoms with Gasteiger partial charge >= 0.3 is 0 Å². The van der Waals surface area contributed by atoms with Crippen LogP contribution >= 0.6 is 0 Å². The molecule has 1 saturated heterocycles. The number of likely N-dealkylation sites (tertiary alicyclic amines) is 1. The average molecular weight is 344 g/mol. The van der Waals surface area contributed by atoms with Crippen LogP contribution in [0.1, 0.15) is 35.3 Å². The van der Waals surface area contributed by atoms with Crippen molar-refractivity contribution in [1.29, 1.82) is 0 Å². The number of nitrogens with one attached hydrogen (secondary N) is 2. The van der Waals surface area contributed by atoms with Gasteiger partial charge in [0, 0.05) is 31.4 Å². The minimum atomic E-state index is -0.115. The second kappa shape index (κ2) is 8.06. The number of carbonyl (C=O) groups is 1. The molecule has 0 aliphatic carbocycles. The number of amides is 1. The highest BCUT2D eigenvalue weighted by atomic mass is 16.1. The first-order valence-corrected chi connectivity index (χ1v) is 8.69. The van der Waals surface area contributed by atoms with Crippen LogP contribution in [0.3, 0.4) is 0 Å². The van der Waals surface area contributed by atoms with E-state index >= 15 is 0 Å². The maximum absolute atomic E-state index is 12.1. The van der Waals surface area contributed by atoms with Gasteiger partial charge < -0.3 is 5.32 Å². The molecule has 25 heavy (non-hydrogen) atoms. The number of rotatable bonds is 6. The monoisotopic (exact) mass is 344 g/mol. The van der Waals surface area contributed by atoms with Gasteiger partial charge in [-0.3, -0.25) is 19.6 Å². The molecule has 0 radical (unpaired) electrons. The number of aryl methyl sites for hydroxylation is 1. The molecular weight excluding hydrogens is 320 g/mol. The summed E-state index contributed by atoms with van der Waals surface area (Å²) in [6.07, 6.45) is 6.45. The van der Waals surface area contributed by atoms with Gasteiger partial charge in [-0.05, 0) is 32.4 Å². The Labute approximate surface area is 146 Å². The molecule has 1 fully saturated rings. The van der Waals surface area contributed by atoms with Crippen LogP contribution in [-0.4, -0.2) is 56.5 Å². The fourth-order valence-electron chi connectivity index (χ4n) is 3.21. The van der Waals surface area contributed by atoms with Crippen LogP contribution < -0.4 is 10.9 Å². The molecule has 1 amide bonds. The molecule has 2 N–H and O–H groups in total. The number of H-pyrrole nitrogens is 1. The number of piperidine rings is 1. The minimum absolute atomic E-state index is 0.0765. The lowest BCUT2D eigenvalue weighted by Crippen LogP contribution is -2.48. The SMILES string of the molecule is Cc1ccc(=O)n(CCN2CCCCC2CNC(=O)c2cn[nH]c2)n1. The zero-order valence-electron chi connectivity index (χ0n) is 14.4. The molecule has 8 nitrogen and oxygen atoms in total. The van der Waals surface area contributed by atoms with Gasteiger partial charge in [0.2, 0.25) is 0 Å². The van der Waals surface area contributed by atoms with E-state index in [1.54, 1.807) is 18.3 Å². The van der Waals surface area contributed by atoms with Crippen molar-refractivity contribution in [3.63, 3.8) is 0 Å². The molecule has 2 aromatic heterocycles. The first-order valence-electron chi connectivity index (χ1n) is 8.69. The second-order valence-corrected chi connectivity index (χ2v) is 6.42. The maximum atomic E-state index is 12.1. The van der Waals surface area contributed by atoms with Crippen molar-refractivity contribution in [2.45, 2.75) is 38.8 Å². The lowest BCUT2D eigenvalue weighted by Gasteiger charge is -2.35. The highest BCUT2D eigenvalue weighted by Crippen LogP contribution is 2.16. The molecular formula is C17H24N6O2. The summed E-state index contributed by atoms with van der Waals surface area (Å²) in [5.74, 6) is -0.115. The number of aromatic nitrogens is 4. The molecule has 1 aliphatic rings. The van der Waals surface area contributed by atoms with Crippen molar-refractivity contribution < 1.29 is 4.79 Å². The number of hydrogen-bond donors (Lipinski definition) is 2. The van der Waals surface area contributed by atoms with Crippen LogP contribution in [0.15, 0.2) is 29.3 Å². The smallest absolute Gasteiger partial charge is 0.266 e. The van der Waals surface area contributed by atoms with Gasteiger partial charge in [0.15, 0.2) is 0 Å². The molecule has 1 unspecified atom stereocenters. The Kier molecular flexibility index (Phi) is 5.60. The van der Waals surface area contributed by atoms with E-state index in [0.29, 0.717) is 18.7 Å². The van der Waals surface area contributed by atoms with Crippen LogP contribution in [-0.2, 0) is 6.54 Å². The molecule has 0 spiro atoms. The van der Waals surface area contributed by atoms with Crippen molar-refractivity contribution in [2.75, 3.05) is 19.6 Å². The van der Waals surface area contributed by atoms with Crippen molar-refractivity contribution in [1.82, 2.24) is 30.2 Å². The summed E-state index contributed by atoms with van der Waals surface area (Å²) in [5.41, 5.74) is 1.30. The zero-order chi connectivity index (χ0) is 17.6. The lowest BCUT2D eigenvalue weighted by molar-refractivity contribution is 0.0909. The van der Waals surface area contributed by atoms with Gasteiger partial charge in [0.1, 0.15) is 0 Å². The highest BCUT2D eigenvalue weighted by molar-refractivity contribution is 5.93. The van der Waals surface area contributed by atoms with E-state index in [4.69, 9.17) is 0 Å². The van der Waals surface area contributed by atoms with E-state index in [9.17, 15) is 9.59 Å². The van der Waals surface area contributed by atoms with Gasteiger partial charge in [0.25, 0.3) is 11.5 Å². The first-order chi connectivity index (χ1) is 12.1. The maximum Gasteiger partial charge on any atom is 0.266 e. The highest BCUT2D eigenvalue weighted by Gasteiger charge is 2.23. The van der Waals surface area contributed by atoms with Gasteiger partial charge in [-0.25, -0.2) is 4.68 Å². The molecule has 3 rings (SSSR count). The molecule has 0 saturated carbocycles. The quantitative estimate of drug-likeness (QED) is 0.798. The second-order valence-electron chi connectivity index (χ2n) is 6.42. The topological polar surface area (TPSA) is 95.9 Å². The molecule has 134 valence electrons. The van der Waals surface area contributed by atoms with E-state index in [0.717, 1.165) is 38.0 Å². The Hall–Kier alpha value is -2.48. The number of carbonyl (C=O) groups excluding carboxylic acids is 1. The predicted octanol–water partition coefficient (Wildman–Crippen LogP) is 0.559. The fraction of sp³-hybridized carbons (Fsp3) is 0.529. The average Bonchev–Trinajstić information content (AvgIpc) is 3.16. The van der Waals surface area contributed by atoms with E-state index in [2.05, 4.69) is 25.5 Å². The summed E-state index contributed by atoms with van der Waals surface area (Å²) >= 11 is 0. The summed E-state index contributed by atoms with van der Waals surface area (Å²) in [6.45, 7) is 4.77.